The van der Waals surface area contributed by atoms with Crippen molar-refractivity contribution in [2.75, 3.05) is 81.2 Å². The topological polar surface area (TPSA) is 248 Å². The fourth-order valence-corrected chi connectivity index (χ4v) is 12.6. The van der Waals surface area contributed by atoms with Crippen molar-refractivity contribution in [2.45, 2.75) is 198 Å². The summed E-state index contributed by atoms with van der Waals surface area (Å²) < 4.78 is 80.8. The number of carbonyl (C=O) groups is 3. The number of carbonyl (C=O) groups excluding carboxylic acids is 3. The number of Topliss-reactive ketones (excluding diaryl/α,β-unsaturated/α-hetero) is 1. The van der Waals surface area contributed by atoms with E-state index in [1.54, 1.807) is 55.6 Å². The van der Waals surface area contributed by atoms with E-state index in [1.165, 1.54) is 24.9 Å². The summed E-state index contributed by atoms with van der Waals surface area (Å²) in [5.74, 6) is -3.92. The van der Waals surface area contributed by atoms with Crippen LogP contribution in [-0.4, -0.2) is 221 Å². The van der Waals surface area contributed by atoms with Crippen LogP contribution < -0.4 is 5.14 Å². The zero-order valence-corrected chi connectivity index (χ0v) is 47.6. The maximum Gasteiger partial charge on any atom is 0.411 e. The van der Waals surface area contributed by atoms with Crippen molar-refractivity contribution in [3.63, 3.8) is 0 Å². The van der Waals surface area contributed by atoms with Crippen LogP contribution in [-0.2, 0) is 62.0 Å². The smallest absolute Gasteiger partial charge is 0.411 e. The Morgan fingerprint density at radius 3 is 2.12 bits per heavy atom. The molecule has 5 aliphatic rings. The summed E-state index contributed by atoms with van der Waals surface area (Å²) in [6.07, 6.45) is -5.37. The lowest BCUT2D eigenvalue weighted by atomic mass is 9.73. The molecular formula is C51H93N5O16S. The summed E-state index contributed by atoms with van der Waals surface area (Å²) in [6, 6.07) is -1.42. The van der Waals surface area contributed by atoms with Gasteiger partial charge in [0.1, 0.15) is 29.2 Å². The normalized spacial score (nSPS) is 41.5. The number of amides is 1. The van der Waals surface area contributed by atoms with Crippen molar-refractivity contribution >= 4 is 28.1 Å². The van der Waals surface area contributed by atoms with Gasteiger partial charge in [-0.25, -0.2) is 9.93 Å². The van der Waals surface area contributed by atoms with Crippen molar-refractivity contribution in [3.8, 4) is 0 Å². The summed E-state index contributed by atoms with van der Waals surface area (Å²) in [7, 11) is 4.39. The van der Waals surface area contributed by atoms with E-state index in [0.717, 1.165) is 25.6 Å². The van der Waals surface area contributed by atoms with Gasteiger partial charge in [0.25, 0.3) is 0 Å². The van der Waals surface area contributed by atoms with Gasteiger partial charge in [0, 0.05) is 77.2 Å². The number of ketones is 1. The third kappa shape index (κ3) is 13.9. The molecule has 4 aliphatic heterocycles. The molecule has 0 unspecified atom stereocenters. The van der Waals surface area contributed by atoms with Gasteiger partial charge >= 0.3 is 22.4 Å². The fourth-order valence-electron chi connectivity index (χ4n) is 12.3. The summed E-state index contributed by atoms with van der Waals surface area (Å²) >= 11 is 0. The molecule has 4 N–H and O–H groups in total. The van der Waals surface area contributed by atoms with Crippen LogP contribution in [0.2, 0.25) is 0 Å². The highest BCUT2D eigenvalue weighted by atomic mass is 32.2. The molecule has 1 aliphatic carbocycles. The number of rotatable bonds is 20. The largest absolute Gasteiger partial charge is 0.458 e. The minimum atomic E-state index is -4.39. The van der Waals surface area contributed by atoms with Crippen molar-refractivity contribution in [1.82, 2.24) is 19.6 Å². The number of methoxy groups -OCH3 is 2. The standard InChI is InChI=1S/C51H93N5O16S/c1-17-38-50(11)43(56(47(60)72-50)23-24-66-73(52,62)63)32(5)40(57)30(3)26-48(9,64-15)44(71-46-41(58)37(53(12)13)25-31(4)67-46)33(6)42(34(7)45(59)69-38)70-39-27-49(10,65-16)51(61,35(8)68-39)29-54(14)21-22-55(18-2)28-36-19-20-36/h30-39,41-44,46,58,61H,17-29H2,1-16H3,(H2,52,62,63)/t30-,31-,32+,33+,34-,35+,37+,38-,39+,41-,42+,43-,44-,46+,48+,49-,50-,51-/m1/s1. The molecule has 0 radical (unpaired) electrons. The molecule has 4 heterocycles. The summed E-state index contributed by atoms with van der Waals surface area (Å²) in [6.45, 7) is 22.8. The first kappa shape index (κ1) is 61.7. The maximum atomic E-state index is 15.1. The fraction of sp³-hybridized carbons (Fsp3) is 0.941. The number of nitrogens with zero attached hydrogens (tertiary/aromatic N) is 4. The molecule has 4 saturated heterocycles. The van der Waals surface area contributed by atoms with Gasteiger partial charge in [-0.15, -0.1) is 0 Å². The van der Waals surface area contributed by atoms with Gasteiger partial charge in [0.05, 0.1) is 48.6 Å². The highest BCUT2D eigenvalue weighted by Crippen LogP contribution is 2.46. The number of likely N-dealkylation sites (N-methyl/N-ethyl adjacent to an activating group) is 3. The zero-order valence-electron chi connectivity index (χ0n) is 46.7. The SMILES string of the molecule is CC[C@H]1OC(=O)[C@H](C)[C@@H](O[C@H]2C[C@@](C)(OC)[C@@](O)(CN(C)CCN(CC)CC3CC3)[C@H](C)O2)[C@H](C)[C@@H](O[C@@H]2O[C@H](C)C[C@H](N(C)C)[C@H]2O)[C@@](C)(OC)C[C@@H](C)C(=O)[C@H](C)[C@H]2N(CCOS(N)(=O)=O)C(=O)O[C@]12C. The zero-order chi connectivity index (χ0) is 54.8. The average molecular weight is 1060 g/mol. The first-order valence-electron chi connectivity index (χ1n) is 26.5. The van der Waals surface area contributed by atoms with Gasteiger partial charge in [-0.05, 0) is 107 Å². The molecule has 424 valence electrons. The van der Waals surface area contributed by atoms with Gasteiger partial charge in [0.2, 0.25) is 0 Å². The molecule has 21 nitrogen and oxygen atoms in total. The van der Waals surface area contributed by atoms with E-state index in [2.05, 4.69) is 16.7 Å². The lowest BCUT2D eigenvalue weighted by Gasteiger charge is -2.54. The van der Waals surface area contributed by atoms with Gasteiger partial charge < -0.3 is 62.8 Å². The van der Waals surface area contributed by atoms with E-state index < -0.39 is 124 Å². The second-order valence-electron chi connectivity index (χ2n) is 22.9. The Balaban J connectivity index is 1.58. The molecule has 5 rings (SSSR count). The number of aliphatic hydroxyl groups excluding tert-OH is 1. The molecule has 5 fully saturated rings. The number of fused-ring (bicyclic) bond motifs is 1. The number of hydrogen-bond acceptors (Lipinski definition) is 19. The van der Waals surface area contributed by atoms with Gasteiger partial charge in [0.15, 0.2) is 18.2 Å². The minimum absolute atomic E-state index is 0.0442. The Labute approximate surface area is 435 Å². The number of cyclic esters (lactones) is 1. The minimum Gasteiger partial charge on any atom is -0.458 e. The van der Waals surface area contributed by atoms with E-state index in [9.17, 15) is 28.2 Å². The molecule has 0 aromatic heterocycles. The molecule has 1 saturated carbocycles. The molecule has 1 amide bonds. The van der Waals surface area contributed by atoms with Crippen molar-refractivity contribution in [3.05, 3.63) is 0 Å². The Bertz CT molecular complexity index is 1970. The van der Waals surface area contributed by atoms with Crippen LogP contribution in [0.1, 0.15) is 115 Å². The second kappa shape index (κ2) is 24.7. The monoisotopic (exact) mass is 1060 g/mol. The van der Waals surface area contributed by atoms with Crippen LogP contribution in [0.3, 0.4) is 0 Å². The Kier molecular flexibility index (Phi) is 20.8. The molecule has 0 aromatic carbocycles. The third-order valence-electron chi connectivity index (χ3n) is 17.1. The summed E-state index contributed by atoms with van der Waals surface area (Å²) in [5.41, 5.74) is -5.71. The van der Waals surface area contributed by atoms with Crippen LogP contribution in [0.25, 0.3) is 0 Å². The van der Waals surface area contributed by atoms with Gasteiger partial charge in [-0.2, -0.15) is 8.42 Å². The molecule has 0 bridgehead atoms. The first-order chi connectivity index (χ1) is 33.9. The summed E-state index contributed by atoms with van der Waals surface area (Å²) in [5, 5.41) is 29.7. The maximum absolute atomic E-state index is 15.1. The predicted octanol–water partition coefficient (Wildman–Crippen LogP) is 3.16. The van der Waals surface area contributed by atoms with Crippen LogP contribution in [0.5, 0.6) is 0 Å². The van der Waals surface area contributed by atoms with Crippen molar-refractivity contribution in [1.29, 1.82) is 0 Å². The highest BCUT2D eigenvalue weighted by molar-refractivity contribution is 7.84. The van der Waals surface area contributed by atoms with E-state index in [4.69, 9.17) is 47.2 Å². The first-order valence-corrected chi connectivity index (χ1v) is 28.0. The van der Waals surface area contributed by atoms with Crippen LogP contribution in [0.15, 0.2) is 0 Å². The molecule has 73 heavy (non-hydrogen) atoms. The predicted molar refractivity (Wildman–Crippen MR) is 270 cm³/mol. The highest BCUT2D eigenvalue weighted by Gasteiger charge is 2.62. The van der Waals surface area contributed by atoms with E-state index in [0.29, 0.717) is 13.0 Å². The number of nitrogens with two attached hydrogens (primary N) is 1. The van der Waals surface area contributed by atoms with Crippen LogP contribution in [0.4, 0.5) is 4.79 Å². The molecular weight excluding hydrogens is 971 g/mol. The second-order valence-corrected chi connectivity index (χ2v) is 24.1. The number of aliphatic hydroxyl groups is 2. The van der Waals surface area contributed by atoms with Crippen LogP contribution >= 0.6 is 0 Å². The van der Waals surface area contributed by atoms with E-state index >= 15 is 4.79 Å². The Morgan fingerprint density at radius 1 is 0.904 bits per heavy atom. The lowest BCUT2D eigenvalue weighted by Crippen LogP contribution is -2.70. The van der Waals surface area contributed by atoms with Gasteiger partial charge in [-0.3, -0.25) is 18.7 Å². The number of hydrogen-bond donors (Lipinski definition) is 3. The Hall–Kier alpha value is -2.16. The quantitative estimate of drug-likeness (QED) is 0.148. The van der Waals surface area contributed by atoms with Crippen LogP contribution in [0, 0.1) is 29.6 Å². The lowest BCUT2D eigenvalue weighted by molar-refractivity contribution is -0.339. The molecule has 0 aromatic rings. The molecule has 22 heteroatoms. The Morgan fingerprint density at radius 2 is 1.56 bits per heavy atom. The number of ether oxygens (including phenoxy) is 8. The van der Waals surface area contributed by atoms with E-state index in [-0.39, 0.29) is 50.3 Å². The van der Waals surface area contributed by atoms with Gasteiger partial charge in [-0.1, -0.05) is 34.6 Å². The average Bonchev–Trinajstić information content (AvgIpc) is 4.10. The summed E-state index contributed by atoms with van der Waals surface area (Å²) in [4.78, 5) is 51.6. The molecule has 0 spiro atoms. The van der Waals surface area contributed by atoms with Crippen molar-refractivity contribution in [2.24, 2.45) is 34.7 Å². The van der Waals surface area contributed by atoms with Crippen molar-refractivity contribution < 1.29 is 75.1 Å². The molecule has 18 atom stereocenters. The number of esters is 1. The van der Waals surface area contributed by atoms with E-state index in [1.807, 2.05) is 46.8 Å². The third-order valence-corrected chi connectivity index (χ3v) is 17.6.